The average molecular weight is 286 g/mol. The minimum Gasteiger partial charge on any atom is -0.296 e. The van der Waals surface area contributed by atoms with Gasteiger partial charge in [0.2, 0.25) is 0 Å². The molecular weight excluding hydrogens is 264 g/mol. The fourth-order valence-electron chi connectivity index (χ4n) is 2.05. The molecule has 0 amide bonds. The zero-order valence-electron chi connectivity index (χ0n) is 12.9. The molecule has 0 fully saturated rings. The number of thiocarbonyl (C=S) groups is 1. The Morgan fingerprint density at radius 1 is 1.35 bits per heavy atom. The number of aryl methyl sites for hydroxylation is 1. The van der Waals surface area contributed by atoms with Gasteiger partial charge in [0.25, 0.3) is 0 Å². The van der Waals surface area contributed by atoms with Gasteiger partial charge in [0.05, 0.1) is 5.70 Å². The van der Waals surface area contributed by atoms with Gasteiger partial charge < -0.3 is 0 Å². The van der Waals surface area contributed by atoms with Crippen molar-refractivity contribution >= 4 is 29.0 Å². The van der Waals surface area contributed by atoms with E-state index < -0.39 is 0 Å². The lowest BCUT2D eigenvalue weighted by molar-refractivity contribution is 1.24. The quantitative estimate of drug-likeness (QED) is 0.443. The third-order valence-electron chi connectivity index (χ3n) is 3.12. The molecule has 0 N–H and O–H groups in total. The van der Waals surface area contributed by atoms with Crippen LogP contribution in [0.15, 0.2) is 40.0 Å². The van der Waals surface area contributed by atoms with Crippen molar-refractivity contribution in [2.24, 2.45) is 9.98 Å². The summed E-state index contributed by atoms with van der Waals surface area (Å²) < 4.78 is 0. The first kappa shape index (κ1) is 16.4. The fraction of sp³-hybridized carbons (Fsp3) is 0.353. The van der Waals surface area contributed by atoms with Gasteiger partial charge in [0.1, 0.15) is 0 Å². The van der Waals surface area contributed by atoms with Gasteiger partial charge in [-0.1, -0.05) is 43.4 Å². The van der Waals surface area contributed by atoms with Crippen molar-refractivity contribution in [2.75, 3.05) is 7.05 Å². The van der Waals surface area contributed by atoms with Gasteiger partial charge in [-0.2, -0.15) is 0 Å². The van der Waals surface area contributed by atoms with Crippen molar-refractivity contribution in [3.63, 3.8) is 0 Å². The fourth-order valence-corrected chi connectivity index (χ4v) is 2.22. The van der Waals surface area contributed by atoms with Crippen LogP contribution in [0.2, 0.25) is 0 Å². The largest absolute Gasteiger partial charge is 0.296 e. The lowest BCUT2D eigenvalue weighted by Gasteiger charge is -2.11. The van der Waals surface area contributed by atoms with Gasteiger partial charge in [-0.3, -0.25) is 9.98 Å². The summed E-state index contributed by atoms with van der Waals surface area (Å²) in [6.07, 6.45) is 4.71. The zero-order valence-corrected chi connectivity index (χ0v) is 13.7. The Labute approximate surface area is 127 Å². The summed E-state index contributed by atoms with van der Waals surface area (Å²) in [5.74, 6) is 0. The first-order valence-electron chi connectivity index (χ1n) is 6.82. The molecule has 1 aromatic carbocycles. The Bertz CT molecular complexity index is 581. The van der Waals surface area contributed by atoms with Gasteiger partial charge in [-0.15, -0.1) is 0 Å². The predicted molar refractivity (Wildman–Crippen MR) is 93.6 cm³/mol. The molecule has 106 valence electrons. The molecule has 1 aromatic rings. The molecule has 0 aromatic heterocycles. The Balaban J connectivity index is 3.43. The standard InChI is InChI=1S/C17H22N2S/c1-6-16(13(4)20)19-17(7-2)14-10-8-9-12(3)15(14)11-18-5/h6,8-11H,7H2,1-5H3/b16-6-,18-11-,19-17+. The van der Waals surface area contributed by atoms with Crippen LogP contribution in [0.3, 0.4) is 0 Å². The van der Waals surface area contributed by atoms with E-state index >= 15 is 0 Å². The van der Waals surface area contributed by atoms with Gasteiger partial charge in [0, 0.05) is 35.0 Å². The van der Waals surface area contributed by atoms with E-state index in [-0.39, 0.29) is 0 Å². The van der Waals surface area contributed by atoms with Crippen molar-refractivity contribution in [3.8, 4) is 0 Å². The van der Waals surface area contributed by atoms with E-state index in [1.54, 1.807) is 7.05 Å². The second-order valence-electron chi connectivity index (χ2n) is 4.57. The van der Waals surface area contributed by atoms with Crippen LogP contribution in [-0.4, -0.2) is 23.8 Å². The first-order chi connectivity index (χ1) is 9.54. The average Bonchev–Trinajstić information content (AvgIpc) is 2.42. The Kier molecular flexibility index (Phi) is 6.46. The summed E-state index contributed by atoms with van der Waals surface area (Å²) in [7, 11) is 1.79. The van der Waals surface area contributed by atoms with Crippen LogP contribution in [0.5, 0.6) is 0 Å². The summed E-state index contributed by atoms with van der Waals surface area (Å²) in [4.78, 5) is 9.72. The number of hydrogen-bond donors (Lipinski definition) is 0. The smallest absolute Gasteiger partial charge is 0.0727 e. The molecule has 0 saturated heterocycles. The van der Waals surface area contributed by atoms with Crippen LogP contribution >= 0.6 is 12.2 Å². The highest BCUT2D eigenvalue weighted by atomic mass is 32.1. The van der Waals surface area contributed by atoms with Crippen LogP contribution in [0.4, 0.5) is 0 Å². The minimum absolute atomic E-state index is 0.816. The number of nitrogens with zero attached hydrogens (tertiary/aromatic N) is 2. The van der Waals surface area contributed by atoms with E-state index in [0.717, 1.165) is 33.8 Å². The Morgan fingerprint density at radius 2 is 2.05 bits per heavy atom. The van der Waals surface area contributed by atoms with Crippen LogP contribution in [0.1, 0.15) is 43.9 Å². The zero-order chi connectivity index (χ0) is 15.1. The summed E-state index contributed by atoms with van der Waals surface area (Å²) in [6.45, 7) is 8.08. The molecular formula is C17H22N2S. The molecule has 0 atom stereocenters. The predicted octanol–water partition coefficient (Wildman–Crippen LogP) is 4.54. The van der Waals surface area contributed by atoms with Gasteiger partial charge in [-0.25, -0.2) is 0 Å². The molecule has 2 nitrogen and oxygen atoms in total. The molecule has 0 aliphatic rings. The number of allylic oxidation sites excluding steroid dienone is 2. The van der Waals surface area contributed by atoms with Crippen molar-refractivity contribution < 1.29 is 0 Å². The van der Waals surface area contributed by atoms with Gasteiger partial charge in [0.15, 0.2) is 0 Å². The van der Waals surface area contributed by atoms with E-state index in [0.29, 0.717) is 0 Å². The topological polar surface area (TPSA) is 24.7 Å². The molecule has 0 unspecified atom stereocenters. The van der Waals surface area contributed by atoms with Crippen molar-refractivity contribution in [3.05, 3.63) is 46.7 Å². The molecule has 3 heteroatoms. The first-order valence-corrected chi connectivity index (χ1v) is 7.22. The van der Waals surface area contributed by atoms with Crippen LogP contribution < -0.4 is 0 Å². The highest BCUT2D eigenvalue weighted by molar-refractivity contribution is 7.80. The molecule has 0 aliphatic heterocycles. The molecule has 0 saturated carbocycles. The summed E-state index contributed by atoms with van der Waals surface area (Å²) in [5.41, 5.74) is 5.38. The van der Waals surface area contributed by atoms with Crippen molar-refractivity contribution in [2.45, 2.75) is 34.1 Å². The number of aliphatic imine (C=N–C) groups is 2. The second kappa shape index (κ2) is 7.85. The normalized spacial score (nSPS) is 13.1. The summed E-state index contributed by atoms with van der Waals surface area (Å²) in [6, 6.07) is 6.25. The molecule has 0 spiro atoms. The molecule has 0 heterocycles. The third-order valence-corrected chi connectivity index (χ3v) is 3.33. The lowest BCUT2D eigenvalue weighted by atomic mass is 9.97. The van der Waals surface area contributed by atoms with E-state index in [1.165, 1.54) is 5.56 Å². The maximum Gasteiger partial charge on any atom is 0.0727 e. The van der Waals surface area contributed by atoms with Gasteiger partial charge in [-0.05, 0) is 32.8 Å². The van der Waals surface area contributed by atoms with Crippen molar-refractivity contribution in [1.82, 2.24) is 0 Å². The number of benzene rings is 1. The summed E-state index contributed by atoms with van der Waals surface area (Å²) in [5, 5.41) is 0. The highest BCUT2D eigenvalue weighted by Gasteiger charge is 2.09. The molecule has 0 aliphatic carbocycles. The molecule has 0 radical (unpaired) electrons. The maximum absolute atomic E-state index is 5.24. The number of rotatable bonds is 5. The summed E-state index contributed by atoms with van der Waals surface area (Å²) >= 11 is 5.24. The Hall–Kier alpha value is -1.61. The monoisotopic (exact) mass is 286 g/mol. The van der Waals surface area contributed by atoms with Crippen LogP contribution in [0, 0.1) is 6.92 Å². The molecule has 1 rings (SSSR count). The maximum atomic E-state index is 5.24. The van der Waals surface area contributed by atoms with Gasteiger partial charge >= 0.3 is 0 Å². The van der Waals surface area contributed by atoms with E-state index in [9.17, 15) is 0 Å². The molecule has 20 heavy (non-hydrogen) atoms. The minimum atomic E-state index is 0.816. The number of hydrogen-bond acceptors (Lipinski definition) is 3. The molecule has 0 bridgehead atoms. The van der Waals surface area contributed by atoms with Crippen LogP contribution in [0.25, 0.3) is 0 Å². The SMILES string of the molecule is C/C=C(\N=C(/CC)c1cccc(C)c1/C=N\C)C(C)=S. The van der Waals surface area contributed by atoms with E-state index in [2.05, 4.69) is 37.0 Å². The van der Waals surface area contributed by atoms with Crippen molar-refractivity contribution in [1.29, 1.82) is 0 Å². The second-order valence-corrected chi connectivity index (χ2v) is 5.18. The third kappa shape index (κ3) is 3.94. The van der Waals surface area contributed by atoms with Crippen LogP contribution in [-0.2, 0) is 0 Å². The van der Waals surface area contributed by atoms with E-state index in [4.69, 9.17) is 17.2 Å². The highest BCUT2D eigenvalue weighted by Crippen LogP contribution is 2.17. The lowest BCUT2D eigenvalue weighted by Crippen LogP contribution is -2.07. The van der Waals surface area contributed by atoms with E-state index in [1.807, 2.05) is 26.1 Å². The Morgan fingerprint density at radius 3 is 2.55 bits per heavy atom.